The predicted octanol–water partition coefficient (Wildman–Crippen LogP) is 2.51. The van der Waals surface area contributed by atoms with E-state index in [0.717, 1.165) is 19.4 Å². The Morgan fingerprint density at radius 1 is 1.40 bits per heavy atom. The number of nitrogens with one attached hydrogen (secondary N) is 3. The predicted molar refractivity (Wildman–Crippen MR) is 108 cm³/mol. The topological polar surface area (TPSA) is 74.8 Å². The van der Waals surface area contributed by atoms with Crippen molar-refractivity contribution in [3.05, 3.63) is 30.1 Å². The fraction of sp³-hybridized carbons (Fsp3) is 0.529. The molecule has 0 radical (unpaired) electrons. The lowest BCUT2D eigenvalue weighted by molar-refractivity contribution is -0.114. The van der Waals surface area contributed by atoms with Crippen molar-refractivity contribution in [1.29, 1.82) is 0 Å². The van der Waals surface area contributed by atoms with Gasteiger partial charge in [-0.2, -0.15) is 0 Å². The largest absolute Gasteiger partial charge is 0.373 e. The number of anilines is 1. The van der Waals surface area contributed by atoms with Gasteiger partial charge in [0.25, 0.3) is 0 Å². The molecule has 1 aliphatic rings. The van der Waals surface area contributed by atoms with Crippen molar-refractivity contribution in [2.45, 2.75) is 32.3 Å². The summed E-state index contributed by atoms with van der Waals surface area (Å²) in [7, 11) is 0. The van der Waals surface area contributed by atoms with E-state index in [2.05, 4.69) is 27.9 Å². The van der Waals surface area contributed by atoms with Crippen LogP contribution in [0.3, 0.4) is 0 Å². The van der Waals surface area contributed by atoms with E-state index in [1.165, 1.54) is 12.1 Å². The smallest absolute Gasteiger partial charge is 0.246 e. The fourth-order valence-corrected chi connectivity index (χ4v) is 2.51. The molecule has 2 rings (SSSR count). The zero-order valence-electron chi connectivity index (χ0n) is 14.6. The van der Waals surface area contributed by atoms with Crippen LogP contribution in [0.4, 0.5) is 10.1 Å². The van der Waals surface area contributed by atoms with E-state index in [-0.39, 0.29) is 42.0 Å². The van der Waals surface area contributed by atoms with Crippen LogP contribution < -0.4 is 16.0 Å². The van der Waals surface area contributed by atoms with Gasteiger partial charge in [-0.05, 0) is 44.9 Å². The van der Waals surface area contributed by atoms with E-state index in [0.29, 0.717) is 24.7 Å². The van der Waals surface area contributed by atoms with Crippen molar-refractivity contribution in [1.82, 2.24) is 10.6 Å². The molecule has 6 nitrogen and oxygen atoms in total. The Labute approximate surface area is 165 Å². The molecule has 3 N–H and O–H groups in total. The van der Waals surface area contributed by atoms with Gasteiger partial charge >= 0.3 is 0 Å². The van der Waals surface area contributed by atoms with Crippen LogP contribution in [0.15, 0.2) is 29.3 Å². The third kappa shape index (κ3) is 7.55. The van der Waals surface area contributed by atoms with Gasteiger partial charge in [-0.3, -0.25) is 4.79 Å². The molecule has 140 valence electrons. The zero-order valence-corrected chi connectivity index (χ0v) is 16.9. The van der Waals surface area contributed by atoms with E-state index >= 15 is 0 Å². The summed E-state index contributed by atoms with van der Waals surface area (Å²) >= 11 is 0. The Bertz CT molecular complexity index is 592. The van der Waals surface area contributed by atoms with Crippen molar-refractivity contribution in [3.63, 3.8) is 0 Å². The summed E-state index contributed by atoms with van der Waals surface area (Å²) in [4.78, 5) is 16.2. The van der Waals surface area contributed by atoms with Crippen molar-refractivity contribution in [3.8, 4) is 0 Å². The average Bonchev–Trinajstić information content (AvgIpc) is 2.97. The highest BCUT2D eigenvalue weighted by molar-refractivity contribution is 14.0. The molecule has 8 heteroatoms. The summed E-state index contributed by atoms with van der Waals surface area (Å²) in [6.45, 7) is 6.07. The summed E-state index contributed by atoms with van der Waals surface area (Å²) < 4.78 is 18.8. The van der Waals surface area contributed by atoms with Gasteiger partial charge in [-0.1, -0.05) is 6.07 Å². The minimum Gasteiger partial charge on any atom is -0.373 e. The molecule has 1 amide bonds. The molecular formula is C17H26FIN4O2. The first-order chi connectivity index (χ1) is 11.5. The van der Waals surface area contributed by atoms with Gasteiger partial charge in [0.1, 0.15) is 12.4 Å². The van der Waals surface area contributed by atoms with E-state index in [1.54, 1.807) is 12.1 Å². The Morgan fingerprint density at radius 2 is 2.20 bits per heavy atom. The van der Waals surface area contributed by atoms with Crippen LogP contribution in [0.1, 0.15) is 26.7 Å². The minimum atomic E-state index is -0.392. The van der Waals surface area contributed by atoms with Crippen LogP contribution in [0.25, 0.3) is 0 Å². The zero-order chi connectivity index (χ0) is 17.4. The minimum absolute atomic E-state index is 0. The number of rotatable bonds is 6. The van der Waals surface area contributed by atoms with Crippen molar-refractivity contribution >= 4 is 41.5 Å². The van der Waals surface area contributed by atoms with Crippen LogP contribution in [-0.2, 0) is 9.53 Å². The second-order valence-corrected chi connectivity index (χ2v) is 6.01. The van der Waals surface area contributed by atoms with E-state index in [9.17, 15) is 9.18 Å². The van der Waals surface area contributed by atoms with Crippen molar-refractivity contribution in [2.75, 3.05) is 31.6 Å². The monoisotopic (exact) mass is 464 g/mol. The number of aliphatic imine (C=N–C) groups is 1. The first kappa shape index (κ1) is 21.6. The first-order valence-corrected chi connectivity index (χ1v) is 8.22. The highest BCUT2D eigenvalue weighted by Gasteiger charge is 2.29. The van der Waals surface area contributed by atoms with Gasteiger partial charge in [-0.15, -0.1) is 24.0 Å². The number of nitrogens with zero attached hydrogens (tertiary/aromatic N) is 1. The number of hydrogen-bond donors (Lipinski definition) is 3. The molecule has 1 aromatic rings. The van der Waals surface area contributed by atoms with E-state index < -0.39 is 5.82 Å². The summed E-state index contributed by atoms with van der Waals surface area (Å²) in [5, 5.41) is 8.92. The summed E-state index contributed by atoms with van der Waals surface area (Å²) in [5.74, 6) is -0.138. The molecule has 0 aromatic heterocycles. The normalized spacial score (nSPS) is 19.9. The summed E-state index contributed by atoms with van der Waals surface area (Å²) in [5.41, 5.74) is 0.222. The number of carbonyl (C=O) groups is 1. The van der Waals surface area contributed by atoms with Crippen LogP contribution in [0, 0.1) is 5.82 Å². The first-order valence-electron chi connectivity index (χ1n) is 8.22. The van der Waals surface area contributed by atoms with E-state index in [1.807, 2.05) is 6.92 Å². The molecule has 1 aromatic carbocycles. The number of halogens is 2. The Morgan fingerprint density at radius 3 is 2.84 bits per heavy atom. The standard InChI is InChI=1S/C17H25FN4O2.HI/c1-3-19-16(21-12-17(2)8-5-9-24-17)20-11-15(23)22-14-7-4-6-13(18)10-14;/h4,6-7,10H,3,5,8-9,11-12H2,1-2H3,(H,22,23)(H2,19,20,21);1H. The molecular weight excluding hydrogens is 438 g/mol. The van der Waals surface area contributed by atoms with Gasteiger partial charge in [0, 0.05) is 25.4 Å². The van der Waals surface area contributed by atoms with Gasteiger partial charge in [0.2, 0.25) is 5.91 Å². The van der Waals surface area contributed by atoms with Crippen LogP contribution >= 0.6 is 24.0 Å². The van der Waals surface area contributed by atoms with Crippen molar-refractivity contribution < 1.29 is 13.9 Å². The van der Waals surface area contributed by atoms with Gasteiger partial charge < -0.3 is 20.7 Å². The highest BCUT2D eigenvalue weighted by Crippen LogP contribution is 2.23. The quantitative estimate of drug-likeness (QED) is 0.344. The number of guanidine groups is 1. The molecule has 0 spiro atoms. The SMILES string of the molecule is CCNC(=NCC(=O)Nc1cccc(F)c1)NCC1(C)CCCO1.I. The lowest BCUT2D eigenvalue weighted by Crippen LogP contribution is -2.45. The molecule has 25 heavy (non-hydrogen) atoms. The van der Waals surface area contributed by atoms with Gasteiger partial charge in [0.05, 0.1) is 5.60 Å². The lowest BCUT2D eigenvalue weighted by Gasteiger charge is -2.24. The molecule has 1 aliphatic heterocycles. The lowest BCUT2D eigenvalue weighted by atomic mass is 10.0. The van der Waals surface area contributed by atoms with Gasteiger partial charge in [-0.25, -0.2) is 9.38 Å². The number of benzene rings is 1. The van der Waals surface area contributed by atoms with Gasteiger partial charge in [0.15, 0.2) is 5.96 Å². The maximum absolute atomic E-state index is 13.1. The van der Waals surface area contributed by atoms with E-state index in [4.69, 9.17) is 4.74 Å². The molecule has 0 aliphatic carbocycles. The molecule has 0 saturated carbocycles. The Balaban J connectivity index is 0.00000312. The highest BCUT2D eigenvalue weighted by atomic mass is 127. The van der Waals surface area contributed by atoms with Crippen LogP contribution in [-0.4, -0.2) is 43.7 Å². The third-order valence-corrected chi connectivity index (χ3v) is 3.76. The Kier molecular flexibility index (Phi) is 9.12. The molecule has 1 saturated heterocycles. The third-order valence-electron chi connectivity index (χ3n) is 3.76. The number of hydrogen-bond acceptors (Lipinski definition) is 3. The number of amides is 1. The molecule has 1 unspecified atom stereocenters. The maximum atomic E-state index is 13.1. The summed E-state index contributed by atoms with van der Waals surface area (Å²) in [6.07, 6.45) is 2.06. The average molecular weight is 464 g/mol. The maximum Gasteiger partial charge on any atom is 0.246 e. The van der Waals surface area contributed by atoms with Crippen molar-refractivity contribution in [2.24, 2.45) is 4.99 Å². The fourth-order valence-electron chi connectivity index (χ4n) is 2.51. The molecule has 0 bridgehead atoms. The van der Waals surface area contributed by atoms with Crippen LogP contribution in [0.5, 0.6) is 0 Å². The molecule has 1 heterocycles. The second kappa shape index (κ2) is 10.5. The number of carbonyl (C=O) groups excluding carboxylic acids is 1. The Hall–Kier alpha value is -1.42. The summed E-state index contributed by atoms with van der Waals surface area (Å²) in [6, 6.07) is 5.77. The van der Waals surface area contributed by atoms with Crippen LogP contribution in [0.2, 0.25) is 0 Å². The molecule has 1 fully saturated rings. The molecule has 1 atom stereocenters. The second-order valence-electron chi connectivity index (χ2n) is 6.01. The number of ether oxygens (including phenoxy) is 1.